The van der Waals surface area contributed by atoms with E-state index in [1.807, 2.05) is 0 Å². The number of nitrogens with zero attached hydrogens (tertiary/aromatic N) is 2. The number of carbonyl (C=O) groups is 1. The SMILES string of the molecule is Cc1n[nH]c(=O)c(C(=O)N2C[C@@H]3Oc4c(F)ccc(F)c4O[C@@H]3C2)c1C. The van der Waals surface area contributed by atoms with E-state index >= 15 is 0 Å². The lowest BCUT2D eigenvalue weighted by Gasteiger charge is -2.28. The monoisotopic (exact) mass is 363 g/mol. The van der Waals surface area contributed by atoms with Crippen LogP contribution in [0.1, 0.15) is 21.6 Å². The number of hydrogen-bond donors (Lipinski definition) is 1. The number of amides is 1. The molecule has 3 heterocycles. The first-order valence-electron chi connectivity index (χ1n) is 8.03. The van der Waals surface area contributed by atoms with Gasteiger partial charge in [0.15, 0.2) is 23.8 Å². The molecule has 0 aliphatic carbocycles. The van der Waals surface area contributed by atoms with Gasteiger partial charge in [0.05, 0.1) is 18.8 Å². The van der Waals surface area contributed by atoms with Gasteiger partial charge in [-0.2, -0.15) is 5.10 Å². The first-order chi connectivity index (χ1) is 12.4. The van der Waals surface area contributed by atoms with Crippen LogP contribution in [0.2, 0.25) is 0 Å². The van der Waals surface area contributed by atoms with Crippen LogP contribution in [0.15, 0.2) is 16.9 Å². The summed E-state index contributed by atoms with van der Waals surface area (Å²) in [5.41, 5.74) is 0.422. The minimum Gasteiger partial charge on any atom is -0.478 e. The van der Waals surface area contributed by atoms with E-state index in [4.69, 9.17) is 9.47 Å². The molecule has 0 radical (unpaired) electrons. The summed E-state index contributed by atoms with van der Waals surface area (Å²) in [6.45, 7) is 3.51. The van der Waals surface area contributed by atoms with Crippen LogP contribution in [0.5, 0.6) is 11.5 Å². The highest BCUT2D eigenvalue weighted by Gasteiger charge is 2.44. The molecule has 9 heteroatoms. The van der Waals surface area contributed by atoms with Crippen LogP contribution in [0.4, 0.5) is 8.78 Å². The van der Waals surface area contributed by atoms with Crippen molar-refractivity contribution in [2.75, 3.05) is 13.1 Å². The molecule has 136 valence electrons. The Labute approximate surface area is 146 Å². The van der Waals surface area contributed by atoms with Gasteiger partial charge in [-0.15, -0.1) is 0 Å². The Morgan fingerprint density at radius 3 is 2.23 bits per heavy atom. The molecular formula is C17H15F2N3O4. The molecule has 0 bridgehead atoms. The lowest BCUT2D eigenvalue weighted by molar-refractivity contribution is 0.0467. The standard InChI is InChI=1S/C17H15F2N3O4/c1-7-8(2)20-21-16(23)13(7)17(24)22-5-11-12(6-22)26-15-10(19)4-3-9(18)14(15)25-11/h3-4,11-12H,5-6H2,1-2H3,(H,21,23)/t11-,12+. The molecule has 0 spiro atoms. The third-order valence-corrected chi connectivity index (χ3v) is 4.74. The van der Waals surface area contributed by atoms with E-state index in [1.165, 1.54) is 4.90 Å². The average molecular weight is 363 g/mol. The quantitative estimate of drug-likeness (QED) is 0.826. The Balaban J connectivity index is 1.62. The number of aromatic nitrogens is 2. The van der Waals surface area contributed by atoms with E-state index in [-0.39, 0.29) is 30.2 Å². The second kappa shape index (κ2) is 5.79. The third-order valence-electron chi connectivity index (χ3n) is 4.74. The first-order valence-corrected chi connectivity index (χ1v) is 8.03. The number of H-pyrrole nitrogens is 1. The predicted octanol–water partition coefficient (Wildman–Crippen LogP) is 1.33. The smallest absolute Gasteiger partial charge is 0.277 e. The van der Waals surface area contributed by atoms with Gasteiger partial charge >= 0.3 is 0 Å². The third kappa shape index (κ3) is 2.42. The lowest BCUT2D eigenvalue weighted by Crippen LogP contribution is -2.39. The summed E-state index contributed by atoms with van der Waals surface area (Å²) < 4.78 is 38.8. The molecule has 2 aromatic rings. The molecule has 1 aromatic carbocycles. The van der Waals surface area contributed by atoms with Crippen LogP contribution in [0, 0.1) is 25.5 Å². The van der Waals surface area contributed by atoms with Crippen molar-refractivity contribution >= 4 is 5.91 Å². The summed E-state index contributed by atoms with van der Waals surface area (Å²) in [6.07, 6.45) is -1.30. The van der Waals surface area contributed by atoms with Crippen LogP contribution in [-0.4, -0.2) is 46.3 Å². The molecule has 2 aliphatic heterocycles. The Bertz CT molecular complexity index is 936. The van der Waals surface area contributed by atoms with Crippen molar-refractivity contribution in [1.82, 2.24) is 15.1 Å². The Morgan fingerprint density at radius 1 is 1.15 bits per heavy atom. The minimum absolute atomic E-state index is 0.00831. The van der Waals surface area contributed by atoms with Gasteiger partial charge in [0.25, 0.3) is 11.5 Å². The van der Waals surface area contributed by atoms with Crippen LogP contribution in [0.25, 0.3) is 0 Å². The summed E-state index contributed by atoms with van der Waals surface area (Å²) in [5, 5.41) is 6.12. The molecule has 2 aliphatic rings. The largest absolute Gasteiger partial charge is 0.478 e. The molecule has 1 aromatic heterocycles. The van der Waals surface area contributed by atoms with Gasteiger partial charge in [0, 0.05) is 0 Å². The number of aryl methyl sites for hydroxylation is 1. The number of rotatable bonds is 1. The normalized spacial score (nSPS) is 20.8. The number of carbonyl (C=O) groups excluding carboxylic acids is 1. The molecule has 26 heavy (non-hydrogen) atoms. The number of ether oxygens (including phenoxy) is 2. The zero-order chi connectivity index (χ0) is 18.6. The van der Waals surface area contributed by atoms with Crippen LogP contribution in [-0.2, 0) is 0 Å². The number of aromatic amines is 1. The van der Waals surface area contributed by atoms with Gasteiger partial charge in [-0.3, -0.25) is 9.59 Å². The Morgan fingerprint density at radius 2 is 1.69 bits per heavy atom. The van der Waals surface area contributed by atoms with Crippen molar-refractivity contribution in [1.29, 1.82) is 0 Å². The van der Waals surface area contributed by atoms with Gasteiger partial charge in [-0.1, -0.05) is 0 Å². The second-order valence-electron chi connectivity index (χ2n) is 6.35. The molecule has 1 fully saturated rings. The van der Waals surface area contributed by atoms with Gasteiger partial charge in [0.2, 0.25) is 11.5 Å². The molecule has 0 saturated carbocycles. The molecule has 7 nitrogen and oxygen atoms in total. The van der Waals surface area contributed by atoms with Gasteiger partial charge in [0.1, 0.15) is 5.56 Å². The highest BCUT2D eigenvalue weighted by molar-refractivity contribution is 5.95. The second-order valence-corrected chi connectivity index (χ2v) is 6.35. The van der Waals surface area contributed by atoms with E-state index in [2.05, 4.69) is 10.2 Å². The molecule has 1 saturated heterocycles. The highest BCUT2D eigenvalue weighted by atomic mass is 19.1. The number of benzene rings is 1. The van der Waals surface area contributed by atoms with E-state index in [0.717, 1.165) is 12.1 Å². The summed E-state index contributed by atoms with van der Waals surface area (Å²) in [6, 6.07) is 1.91. The number of halogens is 2. The van der Waals surface area contributed by atoms with E-state index in [1.54, 1.807) is 13.8 Å². The van der Waals surface area contributed by atoms with Gasteiger partial charge in [-0.05, 0) is 31.5 Å². The van der Waals surface area contributed by atoms with E-state index in [0.29, 0.717) is 11.3 Å². The summed E-state index contributed by atoms with van der Waals surface area (Å²) in [5.74, 6) is -2.56. The number of fused-ring (bicyclic) bond motifs is 2. The zero-order valence-corrected chi connectivity index (χ0v) is 14.0. The predicted molar refractivity (Wildman–Crippen MR) is 85.4 cm³/mol. The van der Waals surface area contributed by atoms with Crippen molar-refractivity contribution in [3.8, 4) is 11.5 Å². The molecule has 0 unspecified atom stereocenters. The molecule has 4 rings (SSSR count). The van der Waals surface area contributed by atoms with Crippen LogP contribution < -0.4 is 15.0 Å². The summed E-state index contributed by atoms with van der Waals surface area (Å²) in [4.78, 5) is 26.2. The fraction of sp³-hybridized carbons (Fsp3) is 0.353. The number of likely N-dealkylation sites (tertiary alicyclic amines) is 1. The Hall–Kier alpha value is -2.97. The van der Waals surface area contributed by atoms with Gasteiger partial charge < -0.3 is 14.4 Å². The average Bonchev–Trinajstić information content (AvgIpc) is 3.03. The molecular weight excluding hydrogens is 348 g/mol. The van der Waals surface area contributed by atoms with Gasteiger partial charge in [-0.25, -0.2) is 13.9 Å². The molecule has 1 N–H and O–H groups in total. The summed E-state index contributed by atoms with van der Waals surface area (Å²) in [7, 11) is 0. The van der Waals surface area contributed by atoms with Crippen LogP contribution in [0.3, 0.4) is 0 Å². The molecule has 1 amide bonds. The molecule has 2 atom stereocenters. The fourth-order valence-electron chi connectivity index (χ4n) is 3.21. The zero-order valence-electron chi connectivity index (χ0n) is 14.0. The fourth-order valence-corrected chi connectivity index (χ4v) is 3.21. The number of hydrogen-bond acceptors (Lipinski definition) is 5. The van der Waals surface area contributed by atoms with E-state index < -0.39 is 35.3 Å². The Kier molecular flexibility index (Phi) is 3.67. The van der Waals surface area contributed by atoms with Crippen molar-refractivity contribution in [3.05, 3.63) is 50.9 Å². The van der Waals surface area contributed by atoms with Crippen molar-refractivity contribution in [3.63, 3.8) is 0 Å². The number of nitrogens with one attached hydrogen (secondary N) is 1. The van der Waals surface area contributed by atoms with Crippen molar-refractivity contribution in [2.24, 2.45) is 0 Å². The van der Waals surface area contributed by atoms with Crippen molar-refractivity contribution < 1.29 is 23.0 Å². The maximum absolute atomic E-state index is 13.9. The summed E-state index contributed by atoms with van der Waals surface area (Å²) >= 11 is 0. The van der Waals surface area contributed by atoms with Crippen molar-refractivity contribution in [2.45, 2.75) is 26.1 Å². The van der Waals surface area contributed by atoms with Crippen LogP contribution >= 0.6 is 0 Å². The van der Waals surface area contributed by atoms with E-state index in [9.17, 15) is 18.4 Å². The maximum atomic E-state index is 13.9. The first kappa shape index (κ1) is 16.5. The topological polar surface area (TPSA) is 84.5 Å². The maximum Gasteiger partial charge on any atom is 0.277 e. The highest BCUT2D eigenvalue weighted by Crippen LogP contribution is 2.40. The minimum atomic E-state index is -0.735. The lowest BCUT2D eigenvalue weighted by atomic mass is 10.1.